The molecular weight excluding hydrogens is 466 g/mol. The molecule has 3 aromatic rings. The van der Waals surface area contributed by atoms with Crippen LogP contribution < -0.4 is 14.4 Å². The molecule has 1 N–H and O–H groups in total. The minimum Gasteiger partial charge on any atom is -0.497 e. The number of carbonyl (C=O) groups excluding carboxylic acids is 1. The fourth-order valence-corrected chi connectivity index (χ4v) is 5.23. The maximum Gasteiger partial charge on any atom is 0.303 e. The Bertz CT molecular complexity index is 1250. The van der Waals surface area contributed by atoms with Gasteiger partial charge < -0.3 is 9.64 Å². The SMILES string of the molecule is COc1cccc(C2(C(=O)NS(=O)(=O)N(C)Cc3ccccc3)CCN(c3ncccn3)CC2)c1. The zero-order chi connectivity index (χ0) is 24.9. The van der Waals surface area contributed by atoms with Crippen LogP contribution in [0.1, 0.15) is 24.0 Å². The molecule has 1 aromatic heterocycles. The third-order valence-electron chi connectivity index (χ3n) is 6.39. The molecule has 1 aliphatic rings. The summed E-state index contributed by atoms with van der Waals surface area (Å²) >= 11 is 0. The first-order valence-electron chi connectivity index (χ1n) is 11.3. The highest BCUT2D eigenvalue weighted by Gasteiger charge is 2.45. The van der Waals surface area contributed by atoms with E-state index in [1.54, 1.807) is 37.7 Å². The summed E-state index contributed by atoms with van der Waals surface area (Å²) in [4.78, 5) is 24.3. The number of hydrogen-bond acceptors (Lipinski definition) is 7. The highest BCUT2D eigenvalue weighted by molar-refractivity contribution is 7.87. The van der Waals surface area contributed by atoms with Crippen LogP contribution in [-0.2, 0) is 27.0 Å². The summed E-state index contributed by atoms with van der Waals surface area (Å²) in [5.74, 6) is 0.634. The largest absolute Gasteiger partial charge is 0.497 e. The fourth-order valence-electron chi connectivity index (χ4n) is 4.33. The van der Waals surface area contributed by atoms with E-state index in [1.807, 2.05) is 47.4 Å². The van der Waals surface area contributed by atoms with E-state index in [9.17, 15) is 13.2 Å². The monoisotopic (exact) mass is 495 g/mol. The number of ether oxygens (including phenoxy) is 1. The van der Waals surface area contributed by atoms with Crippen LogP contribution in [-0.4, -0.2) is 55.8 Å². The molecule has 9 nitrogen and oxygen atoms in total. The van der Waals surface area contributed by atoms with Gasteiger partial charge in [0.2, 0.25) is 11.9 Å². The molecule has 2 heterocycles. The van der Waals surface area contributed by atoms with E-state index in [-0.39, 0.29) is 6.54 Å². The van der Waals surface area contributed by atoms with Crippen molar-refractivity contribution in [3.63, 3.8) is 0 Å². The minimum atomic E-state index is -4.07. The van der Waals surface area contributed by atoms with Gasteiger partial charge in [0.15, 0.2) is 0 Å². The number of anilines is 1. The van der Waals surface area contributed by atoms with E-state index < -0.39 is 21.5 Å². The highest BCUT2D eigenvalue weighted by Crippen LogP contribution is 2.38. The summed E-state index contributed by atoms with van der Waals surface area (Å²) in [7, 11) is -1.06. The van der Waals surface area contributed by atoms with Gasteiger partial charge in [-0.1, -0.05) is 42.5 Å². The lowest BCUT2D eigenvalue weighted by molar-refractivity contribution is -0.125. The van der Waals surface area contributed by atoms with Crippen molar-refractivity contribution in [2.24, 2.45) is 0 Å². The summed E-state index contributed by atoms with van der Waals surface area (Å²) in [6, 6.07) is 18.2. The van der Waals surface area contributed by atoms with Gasteiger partial charge in [0.1, 0.15) is 5.75 Å². The normalized spacial score (nSPS) is 15.6. The average molecular weight is 496 g/mol. The van der Waals surface area contributed by atoms with Gasteiger partial charge in [-0.15, -0.1) is 0 Å². The van der Waals surface area contributed by atoms with Gasteiger partial charge in [0, 0.05) is 39.1 Å². The number of nitrogens with zero attached hydrogens (tertiary/aromatic N) is 4. The summed E-state index contributed by atoms with van der Waals surface area (Å²) in [6.07, 6.45) is 4.13. The van der Waals surface area contributed by atoms with Crippen molar-refractivity contribution in [3.8, 4) is 5.75 Å². The lowest BCUT2D eigenvalue weighted by atomic mass is 9.72. The Morgan fingerprint density at radius 1 is 1.06 bits per heavy atom. The highest BCUT2D eigenvalue weighted by atomic mass is 32.2. The van der Waals surface area contributed by atoms with Gasteiger partial charge >= 0.3 is 10.2 Å². The zero-order valence-corrected chi connectivity index (χ0v) is 20.6. The maximum atomic E-state index is 13.7. The number of methoxy groups -OCH3 is 1. The molecule has 0 radical (unpaired) electrons. The Balaban J connectivity index is 1.59. The van der Waals surface area contributed by atoms with Crippen LogP contribution in [0.15, 0.2) is 73.1 Å². The molecule has 1 saturated heterocycles. The standard InChI is InChI=1S/C25H29N5O4S/c1-29(19-20-8-4-3-5-9-20)35(32,33)28-23(31)25(21-10-6-11-22(18-21)34-2)12-16-30(17-13-25)24-26-14-7-15-27-24/h3-11,14-15,18H,12-13,16-17,19H2,1-2H3,(H,28,31). The van der Waals surface area contributed by atoms with Crippen molar-refractivity contribution >= 4 is 22.1 Å². The number of hydrogen-bond donors (Lipinski definition) is 1. The van der Waals surface area contributed by atoms with Crippen molar-refractivity contribution in [2.45, 2.75) is 24.8 Å². The second-order valence-corrected chi connectivity index (χ2v) is 10.3. The molecule has 35 heavy (non-hydrogen) atoms. The molecule has 4 rings (SSSR count). The van der Waals surface area contributed by atoms with Gasteiger partial charge in [-0.3, -0.25) is 4.79 Å². The lowest BCUT2D eigenvalue weighted by Crippen LogP contribution is -2.55. The van der Waals surface area contributed by atoms with Crippen molar-refractivity contribution in [1.29, 1.82) is 0 Å². The summed E-state index contributed by atoms with van der Waals surface area (Å²) in [5, 5.41) is 0. The van der Waals surface area contributed by atoms with Crippen LogP contribution in [0.3, 0.4) is 0 Å². The van der Waals surface area contributed by atoms with E-state index >= 15 is 0 Å². The van der Waals surface area contributed by atoms with Crippen LogP contribution in [0.2, 0.25) is 0 Å². The van der Waals surface area contributed by atoms with Crippen molar-refractivity contribution in [1.82, 2.24) is 19.0 Å². The minimum absolute atomic E-state index is 0.148. The summed E-state index contributed by atoms with van der Waals surface area (Å²) < 4.78 is 35.1. The Morgan fingerprint density at radius 2 is 1.74 bits per heavy atom. The Morgan fingerprint density at radius 3 is 2.40 bits per heavy atom. The molecule has 1 fully saturated rings. The third kappa shape index (κ3) is 5.44. The van der Waals surface area contributed by atoms with Crippen LogP contribution in [0.5, 0.6) is 5.75 Å². The second kappa shape index (κ2) is 10.4. The van der Waals surface area contributed by atoms with Gasteiger partial charge in [-0.2, -0.15) is 12.7 Å². The van der Waals surface area contributed by atoms with Gasteiger partial charge in [0.25, 0.3) is 0 Å². The lowest BCUT2D eigenvalue weighted by Gasteiger charge is -2.41. The number of nitrogens with one attached hydrogen (secondary N) is 1. The molecule has 0 unspecified atom stereocenters. The quantitative estimate of drug-likeness (QED) is 0.512. The van der Waals surface area contributed by atoms with E-state index in [1.165, 1.54) is 7.05 Å². The molecular formula is C25H29N5O4S. The molecule has 0 saturated carbocycles. The molecule has 0 atom stereocenters. The molecule has 184 valence electrons. The second-order valence-electron chi connectivity index (χ2n) is 8.53. The van der Waals surface area contributed by atoms with E-state index in [4.69, 9.17) is 4.74 Å². The first-order valence-corrected chi connectivity index (χ1v) is 12.8. The number of piperidine rings is 1. The van der Waals surface area contributed by atoms with Crippen LogP contribution >= 0.6 is 0 Å². The molecule has 10 heteroatoms. The molecule has 1 amide bonds. The van der Waals surface area contributed by atoms with E-state index in [0.717, 1.165) is 9.87 Å². The zero-order valence-electron chi connectivity index (χ0n) is 19.8. The number of amides is 1. The Kier molecular flexibility index (Phi) is 7.32. The van der Waals surface area contributed by atoms with Gasteiger partial charge in [0.05, 0.1) is 12.5 Å². The van der Waals surface area contributed by atoms with Gasteiger partial charge in [-0.05, 0) is 42.2 Å². The predicted octanol–water partition coefficient (Wildman–Crippen LogP) is 2.52. The molecule has 0 bridgehead atoms. The average Bonchev–Trinajstić information content (AvgIpc) is 2.89. The number of aromatic nitrogens is 2. The molecule has 2 aromatic carbocycles. The van der Waals surface area contributed by atoms with Crippen LogP contribution in [0.4, 0.5) is 5.95 Å². The third-order valence-corrected chi connectivity index (χ3v) is 7.78. The van der Waals surface area contributed by atoms with Crippen LogP contribution in [0.25, 0.3) is 0 Å². The van der Waals surface area contributed by atoms with E-state index in [0.29, 0.717) is 43.2 Å². The summed E-state index contributed by atoms with van der Waals surface area (Å²) in [6.45, 7) is 1.14. The molecule has 0 spiro atoms. The van der Waals surface area contributed by atoms with Crippen molar-refractivity contribution in [3.05, 3.63) is 84.2 Å². The van der Waals surface area contributed by atoms with Gasteiger partial charge in [-0.25, -0.2) is 14.7 Å². The first-order chi connectivity index (χ1) is 16.8. The van der Waals surface area contributed by atoms with Crippen molar-refractivity contribution < 1.29 is 17.9 Å². The van der Waals surface area contributed by atoms with E-state index in [2.05, 4.69) is 14.7 Å². The Labute approximate surface area is 206 Å². The number of carbonyl (C=O) groups is 1. The summed E-state index contributed by atoms with van der Waals surface area (Å²) in [5.41, 5.74) is 0.482. The topological polar surface area (TPSA) is 105 Å². The molecule has 0 aliphatic carbocycles. The smallest absolute Gasteiger partial charge is 0.303 e. The number of rotatable bonds is 8. The Hall–Kier alpha value is -3.50. The van der Waals surface area contributed by atoms with Crippen molar-refractivity contribution in [2.75, 3.05) is 32.1 Å². The number of benzene rings is 2. The van der Waals surface area contributed by atoms with Crippen LogP contribution in [0, 0.1) is 0 Å². The first kappa shape index (κ1) is 24.6. The predicted molar refractivity (Wildman–Crippen MR) is 133 cm³/mol. The maximum absolute atomic E-state index is 13.7. The fraction of sp³-hybridized carbons (Fsp3) is 0.320. The molecule has 1 aliphatic heterocycles.